The van der Waals surface area contributed by atoms with Crippen LogP contribution in [0.4, 0.5) is 0 Å². The van der Waals surface area contributed by atoms with Crippen LogP contribution >= 0.6 is 21.6 Å². The standard InChI is InChI=1S/C8H15NOS2/c1-2-5-8(9)12-11-7-4-3-6-10/h2,5,9-10H,3-4,6-7H2,1H3/b5-2-,9-8?. The van der Waals surface area contributed by atoms with E-state index in [2.05, 4.69) is 0 Å². The van der Waals surface area contributed by atoms with Gasteiger partial charge in [-0.15, -0.1) is 0 Å². The summed E-state index contributed by atoms with van der Waals surface area (Å²) < 4.78 is 0. The summed E-state index contributed by atoms with van der Waals surface area (Å²) in [5, 5.41) is 16.5. The zero-order valence-electron chi connectivity index (χ0n) is 7.25. The Morgan fingerprint density at radius 2 is 2.25 bits per heavy atom. The lowest BCUT2D eigenvalue weighted by atomic mass is 10.4. The third kappa shape index (κ3) is 8.17. The molecule has 70 valence electrons. The molecule has 0 saturated carbocycles. The molecule has 12 heavy (non-hydrogen) atoms. The van der Waals surface area contributed by atoms with Crippen molar-refractivity contribution >= 4 is 26.6 Å². The maximum absolute atomic E-state index is 8.49. The van der Waals surface area contributed by atoms with Crippen LogP contribution in [-0.4, -0.2) is 22.5 Å². The van der Waals surface area contributed by atoms with Crippen molar-refractivity contribution in [2.24, 2.45) is 0 Å². The van der Waals surface area contributed by atoms with Crippen LogP contribution in [0, 0.1) is 5.41 Å². The molecule has 2 N–H and O–H groups in total. The van der Waals surface area contributed by atoms with E-state index in [4.69, 9.17) is 10.5 Å². The van der Waals surface area contributed by atoms with E-state index in [1.54, 1.807) is 16.9 Å². The van der Waals surface area contributed by atoms with Crippen molar-refractivity contribution in [2.75, 3.05) is 12.4 Å². The highest BCUT2D eigenvalue weighted by atomic mass is 33.1. The Morgan fingerprint density at radius 3 is 2.83 bits per heavy atom. The van der Waals surface area contributed by atoms with Crippen molar-refractivity contribution in [1.82, 2.24) is 0 Å². The minimum Gasteiger partial charge on any atom is -0.396 e. The lowest BCUT2D eigenvalue weighted by Gasteiger charge is -1.97. The minimum atomic E-state index is 0.275. The van der Waals surface area contributed by atoms with E-state index < -0.39 is 0 Å². The zero-order chi connectivity index (χ0) is 9.23. The van der Waals surface area contributed by atoms with Crippen LogP contribution in [0.5, 0.6) is 0 Å². The molecular weight excluding hydrogens is 190 g/mol. The number of aliphatic hydroxyl groups is 1. The van der Waals surface area contributed by atoms with E-state index in [0.717, 1.165) is 18.6 Å². The van der Waals surface area contributed by atoms with Crippen molar-refractivity contribution in [3.63, 3.8) is 0 Å². The summed E-state index contributed by atoms with van der Waals surface area (Å²) in [7, 11) is 3.15. The molecule has 0 unspecified atom stereocenters. The van der Waals surface area contributed by atoms with Gasteiger partial charge < -0.3 is 5.11 Å². The first-order valence-electron chi connectivity index (χ1n) is 3.93. The van der Waals surface area contributed by atoms with Crippen LogP contribution in [0.25, 0.3) is 0 Å². The molecule has 0 bridgehead atoms. The highest BCUT2D eigenvalue weighted by Gasteiger charge is 1.93. The van der Waals surface area contributed by atoms with Crippen LogP contribution < -0.4 is 0 Å². The van der Waals surface area contributed by atoms with Gasteiger partial charge in [0.2, 0.25) is 0 Å². The van der Waals surface area contributed by atoms with Crippen LogP contribution in [-0.2, 0) is 0 Å². The highest BCUT2D eigenvalue weighted by molar-refractivity contribution is 8.82. The molecule has 0 heterocycles. The van der Waals surface area contributed by atoms with Gasteiger partial charge in [-0.3, -0.25) is 5.41 Å². The van der Waals surface area contributed by atoms with Gasteiger partial charge in [-0.05, 0) is 36.6 Å². The summed E-state index contributed by atoms with van der Waals surface area (Å²) in [6.45, 7) is 2.18. The second kappa shape index (κ2) is 9.16. The fourth-order valence-corrected chi connectivity index (χ4v) is 2.43. The molecule has 0 radical (unpaired) electrons. The van der Waals surface area contributed by atoms with Crippen molar-refractivity contribution in [2.45, 2.75) is 19.8 Å². The summed E-state index contributed by atoms with van der Waals surface area (Å²) in [6, 6.07) is 0. The number of unbranched alkanes of at least 4 members (excludes halogenated alkanes) is 1. The fraction of sp³-hybridized carbons (Fsp3) is 0.625. The number of nitrogens with one attached hydrogen (secondary N) is 1. The Labute approximate surface area is 81.7 Å². The van der Waals surface area contributed by atoms with Crippen molar-refractivity contribution in [3.05, 3.63) is 12.2 Å². The highest BCUT2D eigenvalue weighted by Crippen LogP contribution is 2.23. The molecule has 0 spiro atoms. The molecule has 0 atom stereocenters. The minimum absolute atomic E-state index is 0.275. The Kier molecular flexibility index (Phi) is 9.21. The Balaban J connectivity index is 3.14. The van der Waals surface area contributed by atoms with Gasteiger partial charge in [0.05, 0.1) is 5.04 Å². The van der Waals surface area contributed by atoms with E-state index in [-0.39, 0.29) is 6.61 Å². The van der Waals surface area contributed by atoms with Crippen molar-refractivity contribution < 1.29 is 5.11 Å². The predicted octanol–water partition coefficient (Wildman–Crippen LogP) is 2.69. The van der Waals surface area contributed by atoms with Gasteiger partial charge >= 0.3 is 0 Å². The molecule has 0 amide bonds. The van der Waals surface area contributed by atoms with E-state index in [1.165, 1.54) is 10.8 Å². The fourth-order valence-electron chi connectivity index (χ4n) is 0.557. The van der Waals surface area contributed by atoms with Crippen molar-refractivity contribution in [3.8, 4) is 0 Å². The summed E-state index contributed by atoms with van der Waals surface area (Å²) in [5.41, 5.74) is 0. The molecular formula is C8H15NOS2. The number of allylic oxidation sites excluding steroid dienone is 1. The smallest absolute Gasteiger partial charge is 0.0972 e. The molecule has 0 saturated heterocycles. The second-order valence-corrected chi connectivity index (χ2v) is 4.66. The second-order valence-electron chi connectivity index (χ2n) is 2.20. The number of aliphatic hydroxyl groups excluding tert-OH is 1. The van der Waals surface area contributed by atoms with Crippen LogP contribution in [0.3, 0.4) is 0 Å². The number of hydrogen-bond acceptors (Lipinski definition) is 4. The number of hydrogen-bond donors (Lipinski definition) is 2. The zero-order valence-corrected chi connectivity index (χ0v) is 8.88. The van der Waals surface area contributed by atoms with E-state index in [1.807, 2.05) is 13.0 Å². The first-order chi connectivity index (χ1) is 5.81. The maximum atomic E-state index is 8.49. The van der Waals surface area contributed by atoms with Crippen LogP contribution in [0.15, 0.2) is 12.2 Å². The first kappa shape index (κ1) is 12.1. The lowest BCUT2D eigenvalue weighted by molar-refractivity contribution is 0.287. The predicted molar refractivity (Wildman–Crippen MR) is 58.9 cm³/mol. The van der Waals surface area contributed by atoms with Crippen LogP contribution in [0.1, 0.15) is 19.8 Å². The molecule has 0 aromatic carbocycles. The molecule has 0 aliphatic heterocycles. The molecule has 0 aliphatic rings. The van der Waals surface area contributed by atoms with Gasteiger partial charge in [-0.1, -0.05) is 16.9 Å². The van der Waals surface area contributed by atoms with Gasteiger partial charge in [0.15, 0.2) is 0 Å². The van der Waals surface area contributed by atoms with E-state index >= 15 is 0 Å². The lowest BCUT2D eigenvalue weighted by Crippen LogP contribution is -1.85. The quantitative estimate of drug-likeness (QED) is 0.303. The summed E-state index contributed by atoms with van der Waals surface area (Å²) in [4.78, 5) is 0. The summed E-state index contributed by atoms with van der Waals surface area (Å²) in [5.74, 6) is 1.01. The third-order valence-corrected chi connectivity index (χ3v) is 3.38. The first-order valence-corrected chi connectivity index (χ1v) is 6.24. The van der Waals surface area contributed by atoms with E-state index in [0.29, 0.717) is 5.04 Å². The number of rotatable bonds is 6. The normalized spacial score (nSPS) is 10.8. The monoisotopic (exact) mass is 205 g/mol. The Bertz CT molecular complexity index is 148. The topological polar surface area (TPSA) is 44.1 Å². The molecule has 0 aromatic rings. The van der Waals surface area contributed by atoms with Gasteiger partial charge in [0.1, 0.15) is 0 Å². The van der Waals surface area contributed by atoms with Gasteiger partial charge in [0, 0.05) is 12.4 Å². The van der Waals surface area contributed by atoms with Crippen molar-refractivity contribution in [1.29, 1.82) is 5.41 Å². The average molecular weight is 205 g/mol. The molecule has 2 nitrogen and oxygen atoms in total. The summed E-state index contributed by atoms with van der Waals surface area (Å²) in [6.07, 6.45) is 5.54. The largest absolute Gasteiger partial charge is 0.396 e. The molecule has 0 fully saturated rings. The van der Waals surface area contributed by atoms with Crippen LogP contribution in [0.2, 0.25) is 0 Å². The maximum Gasteiger partial charge on any atom is 0.0972 e. The van der Waals surface area contributed by atoms with Gasteiger partial charge in [-0.2, -0.15) is 0 Å². The van der Waals surface area contributed by atoms with Gasteiger partial charge in [-0.25, -0.2) is 0 Å². The Hall–Kier alpha value is 0.0700. The SMILES string of the molecule is C/C=C\C(=N)SSCCCCO. The third-order valence-electron chi connectivity index (χ3n) is 1.10. The van der Waals surface area contributed by atoms with Gasteiger partial charge in [0.25, 0.3) is 0 Å². The molecule has 0 aromatic heterocycles. The molecule has 4 heteroatoms. The molecule has 0 aliphatic carbocycles. The van der Waals surface area contributed by atoms with E-state index in [9.17, 15) is 0 Å². The summed E-state index contributed by atoms with van der Waals surface area (Å²) >= 11 is 0. The Morgan fingerprint density at radius 1 is 1.50 bits per heavy atom. The molecule has 0 rings (SSSR count). The average Bonchev–Trinajstić information content (AvgIpc) is 2.05.